The number of benzene rings is 3. The van der Waals surface area contributed by atoms with Gasteiger partial charge < -0.3 is 20.7 Å². The second kappa shape index (κ2) is 14.6. The van der Waals surface area contributed by atoms with Gasteiger partial charge >= 0.3 is 0 Å². The summed E-state index contributed by atoms with van der Waals surface area (Å²) in [5, 5.41) is 9.29. The number of rotatable bonds is 11. The quantitative estimate of drug-likeness (QED) is 0.275. The minimum atomic E-state index is -3.74. The van der Waals surface area contributed by atoms with Crippen LogP contribution in [-0.2, 0) is 31.4 Å². The van der Waals surface area contributed by atoms with Gasteiger partial charge in [-0.3, -0.25) is 4.79 Å². The Morgan fingerprint density at radius 2 is 1.74 bits per heavy atom. The van der Waals surface area contributed by atoms with Crippen LogP contribution in [-0.4, -0.2) is 70.1 Å². The smallest absolute Gasteiger partial charge is 0.243 e. The maximum atomic E-state index is 15.3. The molecule has 46 heavy (non-hydrogen) atoms. The van der Waals surface area contributed by atoms with Crippen molar-refractivity contribution in [3.05, 3.63) is 95.3 Å². The van der Waals surface area contributed by atoms with Gasteiger partial charge in [-0.1, -0.05) is 30.3 Å². The minimum absolute atomic E-state index is 0.234. The highest BCUT2D eigenvalue weighted by molar-refractivity contribution is 7.89. The molecule has 2 fully saturated rings. The number of hydrogen-bond acceptors (Lipinski definition) is 6. The molecule has 0 radical (unpaired) electrons. The van der Waals surface area contributed by atoms with Gasteiger partial charge in [0, 0.05) is 55.1 Å². The largest absolute Gasteiger partial charge is 0.381 e. The van der Waals surface area contributed by atoms with E-state index in [0.717, 1.165) is 12.1 Å². The van der Waals surface area contributed by atoms with Gasteiger partial charge in [0.25, 0.3) is 0 Å². The molecule has 0 spiro atoms. The Kier molecular flexibility index (Phi) is 10.8. The van der Waals surface area contributed by atoms with E-state index in [0.29, 0.717) is 68.8 Å². The Morgan fingerprint density at radius 1 is 1.00 bits per heavy atom. The van der Waals surface area contributed by atoms with Gasteiger partial charge in [-0.25, -0.2) is 21.6 Å². The predicted octanol–water partition coefficient (Wildman–Crippen LogP) is 4.75. The van der Waals surface area contributed by atoms with Crippen LogP contribution in [0.25, 0.3) is 0 Å². The topological polar surface area (TPSA) is 99.8 Å². The maximum absolute atomic E-state index is 15.3. The molecule has 5 rings (SSSR count). The average Bonchev–Trinajstić information content (AvgIpc) is 3.04. The van der Waals surface area contributed by atoms with Crippen molar-refractivity contribution >= 4 is 21.6 Å². The van der Waals surface area contributed by atoms with Crippen molar-refractivity contribution in [3.8, 4) is 0 Å². The molecule has 2 heterocycles. The Morgan fingerprint density at radius 3 is 2.43 bits per heavy atom. The standard InChI is InChI=1S/C34H41F3N4O4S/c1-23-21-39-22-25(41(23)46(43,44)26-9-4-3-5-10-26)8-6-11-27-28(35)12-7-13-31(27)40-33(42)32(38-2)34(16-18-45-19-17-34)24-14-15-29(36)30(37)20-24/h3-5,7,9-10,12-15,20,23,25,32,38-39H,6,8,11,16-19,21-22H2,1-2H3,(H,40,42). The molecule has 0 aromatic heterocycles. The first-order valence-electron chi connectivity index (χ1n) is 15.7. The Labute approximate surface area is 268 Å². The SMILES string of the molecule is CNC(C(=O)Nc1cccc(F)c1CCCC1CNCC(C)N1S(=O)(=O)c1ccccc1)C1(c2ccc(F)c(F)c2)CCOCC1. The Bertz CT molecular complexity index is 1620. The fourth-order valence-electron chi connectivity index (χ4n) is 6.97. The number of amides is 1. The van der Waals surface area contributed by atoms with Crippen molar-refractivity contribution in [2.75, 3.05) is 38.7 Å². The molecule has 0 bridgehead atoms. The molecule has 3 N–H and O–H groups in total. The van der Waals surface area contributed by atoms with Crippen molar-refractivity contribution in [2.45, 2.75) is 67.5 Å². The summed E-state index contributed by atoms with van der Waals surface area (Å²) in [5.74, 6) is -2.89. The van der Waals surface area contributed by atoms with Gasteiger partial charge in [0.2, 0.25) is 15.9 Å². The highest BCUT2D eigenvalue weighted by Crippen LogP contribution is 2.39. The molecular weight excluding hydrogens is 617 g/mol. The van der Waals surface area contributed by atoms with E-state index in [9.17, 15) is 22.0 Å². The van der Waals surface area contributed by atoms with Crippen LogP contribution in [0.5, 0.6) is 0 Å². The third-order valence-corrected chi connectivity index (χ3v) is 11.3. The number of carbonyl (C=O) groups excluding carboxylic acids is 1. The van der Waals surface area contributed by atoms with Crippen LogP contribution in [0.2, 0.25) is 0 Å². The van der Waals surface area contributed by atoms with E-state index in [1.807, 2.05) is 6.92 Å². The van der Waals surface area contributed by atoms with Crippen molar-refractivity contribution < 1.29 is 31.1 Å². The monoisotopic (exact) mass is 658 g/mol. The van der Waals surface area contributed by atoms with Crippen molar-refractivity contribution in [3.63, 3.8) is 0 Å². The van der Waals surface area contributed by atoms with Crippen LogP contribution in [0.15, 0.2) is 71.6 Å². The van der Waals surface area contributed by atoms with Crippen LogP contribution in [0.1, 0.15) is 43.7 Å². The number of nitrogens with one attached hydrogen (secondary N) is 3. The molecule has 12 heteroatoms. The normalized spacial score (nSPS) is 21.1. The van der Waals surface area contributed by atoms with E-state index < -0.39 is 44.8 Å². The summed E-state index contributed by atoms with van der Waals surface area (Å²) < 4.78 is 77.8. The fraction of sp³-hybridized carbons (Fsp3) is 0.441. The van der Waals surface area contributed by atoms with E-state index in [1.54, 1.807) is 47.8 Å². The zero-order valence-electron chi connectivity index (χ0n) is 26.1. The van der Waals surface area contributed by atoms with Gasteiger partial charge in [-0.15, -0.1) is 0 Å². The average molecular weight is 659 g/mol. The zero-order chi connectivity index (χ0) is 32.9. The van der Waals surface area contributed by atoms with Crippen LogP contribution in [0.3, 0.4) is 0 Å². The molecule has 2 aliphatic rings. The number of hydrogen-bond donors (Lipinski definition) is 3. The third kappa shape index (κ3) is 7.01. The first-order valence-corrected chi connectivity index (χ1v) is 17.1. The van der Waals surface area contributed by atoms with Gasteiger partial charge in [0.05, 0.1) is 10.9 Å². The van der Waals surface area contributed by atoms with E-state index in [4.69, 9.17) is 4.74 Å². The summed E-state index contributed by atoms with van der Waals surface area (Å²) >= 11 is 0. The number of likely N-dealkylation sites (N-methyl/N-ethyl adjacent to an activating group) is 1. The number of ether oxygens (including phenoxy) is 1. The van der Waals surface area contributed by atoms with Gasteiger partial charge in [0.1, 0.15) is 5.82 Å². The van der Waals surface area contributed by atoms with Crippen molar-refractivity contribution in [1.29, 1.82) is 0 Å². The lowest BCUT2D eigenvalue weighted by Gasteiger charge is -2.43. The van der Waals surface area contributed by atoms with E-state index in [1.165, 1.54) is 18.2 Å². The summed E-state index contributed by atoms with van der Waals surface area (Å²) in [4.78, 5) is 14.1. The highest BCUT2D eigenvalue weighted by Gasteiger charge is 2.45. The number of sulfonamides is 1. The molecule has 248 valence electrons. The molecule has 0 aliphatic carbocycles. The Balaban J connectivity index is 1.34. The molecule has 3 aromatic rings. The first kappa shape index (κ1) is 34.1. The van der Waals surface area contributed by atoms with Crippen molar-refractivity contribution in [1.82, 2.24) is 14.9 Å². The molecule has 2 saturated heterocycles. The molecule has 2 aliphatic heterocycles. The van der Waals surface area contributed by atoms with Gasteiger partial charge in [0.15, 0.2) is 11.6 Å². The van der Waals surface area contributed by atoms with Crippen LogP contribution in [0.4, 0.5) is 18.9 Å². The fourth-order valence-corrected chi connectivity index (χ4v) is 8.83. The van der Waals surface area contributed by atoms with E-state index in [2.05, 4.69) is 16.0 Å². The number of piperazine rings is 1. The van der Waals surface area contributed by atoms with Crippen LogP contribution >= 0.6 is 0 Å². The van der Waals surface area contributed by atoms with E-state index >= 15 is 4.39 Å². The summed E-state index contributed by atoms with van der Waals surface area (Å²) in [7, 11) is -2.12. The zero-order valence-corrected chi connectivity index (χ0v) is 26.9. The number of carbonyl (C=O) groups is 1. The predicted molar refractivity (Wildman–Crippen MR) is 170 cm³/mol. The molecule has 1 amide bonds. The second-order valence-electron chi connectivity index (χ2n) is 12.1. The lowest BCUT2D eigenvalue weighted by molar-refractivity contribution is -0.121. The molecule has 3 atom stereocenters. The lowest BCUT2D eigenvalue weighted by atomic mass is 9.68. The van der Waals surface area contributed by atoms with Crippen molar-refractivity contribution in [2.24, 2.45) is 0 Å². The lowest BCUT2D eigenvalue weighted by Crippen LogP contribution is -2.58. The summed E-state index contributed by atoms with van der Waals surface area (Å²) in [6.07, 6.45) is 1.99. The number of nitrogens with zero attached hydrogens (tertiary/aromatic N) is 1. The van der Waals surface area contributed by atoms with Gasteiger partial charge in [-0.05, 0) is 88.0 Å². The highest BCUT2D eigenvalue weighted by atomic mass is 32.2. The summed E-state index contributed by atoms with van der Waals surface area (Å²) in [5.41, 5.74) is 0.210. The van der Waals surface area contributed by atoms with E-state index in [-0.39, 0.29) is 23.4 Å². The second-order valence-corrected chi connectivity index (χ2v) is 13.9. The first-order chi connectivity index (χ1) is 22.1. The molecule has 3 aromatic carbocycles. The molecular formula is C34H41F3N4O4S. The summed E-state index contributed by atoms with van der Waals surface area (Å²) in [6.45, 7) is 3.53. The Hall–Kier alpha value is -3.29. The van der Waals surface area contributed by atoms with Gasteiger partial charge in [-0.2, -0.15) is 4.31 Å². The molecule has 0 saturated carbocycles. The number of anilines is 1. The third-order valence-electron chi connectivity index (χ3n) is 9.26. The molecule has 8 nitrogen and oxygen atoms in total. The van der Waals surface area contributed by atoms with Crippen LogP contribution < -0.4 is 16.0 Å². The summed E-state index contributed by atoms with van der Waals surface area (Å²) in [6, 6.07) is 15.1. The maximum Gasteiger partial charge on any atom is 0.243 e. The minimum Gasteiger partial charge on any atom is -0.381 e. The number of halogens is 3. The van der Waals surface area contributed by atoms with Crippen LogP contribution in [0, 0.1) is 17.5 Å². The molecule has 3 unspecified atom stereocenters.